The molecule has 0 aliphatic heterocycles. The molecule has 1 aromatic heterocycles. The van der Waals surface area contributed by atoms with E-state index in [-0.39, 0.29) is 0 Å². The number of sulfonamides is 1. The van der Waals surface area contributed by atoms with Crippen molar-refractivity contribution in [3.8, 4) is 0 Å². The first-order chi connectivity index (χ1) is 8.87. The topological polar surface area (TPSA) is 49.4 Å². The van der Waals surface area contributed by atoms with Gasteiger partial charge in [0.2, 0.25) is 0 Å². The van der Waals surface area contributed by atoms with E-state index >= 15 is 0 Å². The molecule has 0 aromatic carbocycles. The Hall–Kier alpha value is -0.430. The van der Waals surface area contributed by atoms with Crippen LogP contribution in [-0.4, -0.2) is 32.9 Å². The van der Waals surface area contributed by atoms with Crippen LogP contribution in [0.5, 0.6) is 0 Å². The minimum absolute atomic E-state index is 0.437. The third-order valence-corrected chi connectivity index (χ3v) is 6.22. The van der Waals surface area contributed by atoms with Gasteiger partial charge in [0, 0.05) is 20.1 Å². The Morgan fingerprint density at radius 3 is 2.68 bits per heavy atom. The van der Waals surface area contributed by atoms with Gasteiger partial charge in [-0.15, -0.1) is 11.3 Å². The molecule has 0 amide bonds. The summed E-state index contributed by atoms with van der Waals surface area (Å²) in [5.41, 5.74) is 1.03. The van der Waals surface area contributed by atoms with E-state index in [1.807, 2.05) is 12.3 Å². The molecule has 0 fully saturated rings. The molecule has 0 atom stereocenters. The van der Waals surface area contributed by atoms with Gasteiger partial charge in [0.05, 0.1) is 0 Å². The number of nitrogens with zero attached hydrogens (tertiary/aromatic N) is 1. The van der Waals surface area contributed by atoms with Crippen molar-refractivity contribution in [2.24, 2.45) is 5.92 Å². The molecule has 0 saturated carbocycles. The normalized spacial score (nSPS) is 12.5. The van der Waals surface area contributed by atoms with E-state index in [0.717, 1.165) is 25.1 Å². The van der Waals surface area contributed by atoms with Gasteiger partial charge >= 0.3 is 0 Å². The summed E-state index contributed by atoms with van der Waals surface area (Å²) in [6, 6.07) is 1.77. The van der Waals surface area contributed by atoms with Crippen LogP contribution in [0.25, 0.3) is 0 Å². The van der Waals surface area contributed by atoms with Crippen LogP contribution in [0.1, 0.15) is 32.8 Å². The summed E-state index contributed by atoms with van der Waals surface area (Å²) in [7, 11) is -1.66. The summed E-state index contributed by atoms with van der Waals surface area (Å²) in [6.45, 7) is 8.40. The molecule has 0 aliphatic carbocycles. The second-order valence-electron chi connectivity index (χ2n) is 5.06. The van der Waals surface area contributed by atoms with E-state index in [1.165, 1.54) is 15.6 Å². The van der Waals surface area contributed by atoms with Crippen molar-refractivity contribution in [3.63, 3.8) is 0 Å². The molecule has 0 saturated heterocycles. The van der Waals surface area contributed by atoms with Gasteiger partial charge in [-0.05, 0) is 35.9 Å². The molecular formula is C13H24N2O2S2. The first kappa shape index (κ1) is 16.6. The lowest BCUT2D eigenvalue weighted by atomic mass is 10.1. The van der Waals surface area contributed by atoms with Gasteiger partial charge in [0.25, 0.3) is 10.0 Å². The molecule has 1 rings (SSSR count). The lowest BCUT2D eigenvalue weighted by molar-refractivity contribution is 0.429. The van der Waals surface area contributed by atoms with Gasteiger partial charge in [-0.2, -0.15) is 0 Å². The third kappa shape index (κ3) is 4.87. The Kier molecular flexibility index (Phi) is 6.46. The van der Waals surface area contributed by atoms with E-state index in [9.17, 15) is 8.42 Å². The van der Waals surface area contributed by atoms with Crippen LogP contribution in [0.2, 0.25) is 0 Å². The highest BCUT2D eigenvalue weighted by atomic mass is 32.2. The molecule has 0 aliphatic rings. The molecule has 4 nitrogen and oxygen atoms in total. The van der Waals surface area contributed by atoms with Crippen molar-refractivity contribution in [2.75, 3.05) is 20.1 Å². The smallest absolute Gasteiger partial charge is 0.252 e. The van der Waals surface area contributed by atoms with Crippen LogP contribution in [-0.2, 0) is 16.6 Å². The highest BCUT2D eigenvalue weighted by molar-refractivity contribution is 7.91. The summed E-state index contributed by atoms with van der Waals surface area (Å²) >= 11 is 1.30. The Labute approximate surface area is 120 Å². The van der Waals surface area contributed by atoms with Gasteiger partial charge < -0.3 is 5.32 Å². The van der Waals surface area contributed by atoms with Crippen LogP contribution >= 0.6 is 11.3 Å². The van der Waals surface area contributed by atoms with Gasteiger partial charge in [-0.25, -0.2) is 12.7 Å². The van der Waals surface area contributed by atoms with Crippen LogP contribution in [0.4, 0.5) is 0 Å². The molecule has 19 heavy (non-hydrogen) atoms. The predicted molar refractivity (Wildman–Crippen MR) is 81.0 cm³/mol. The van der Waals surface area contributed by atoms with Crippen molar-refractivity contribution < 1.29 is 8.42 Å². The maximum atomic E-state index is 12.3. The number of hydrogen-bond donors (Lipinski definition) is 1. The maximum absolute atomic E-state index is 12.3. The molecule has 0 spiro atoms. The second kappa shape index (κ2) is 7.38. The zero-order valence-corrected chi connectivity index (χ0v) is 13.8. The first-order valence-electron chi connectivity index (χ1n) is 6.62. The zero-order valence-electron chi connectivity index (χ0n) is 12.1. The minimum Gasteiger partial charge on any atom is -0.313 e. The van der Waals surface area contributed by atoms with Crippen molar-refractivity contribution >= 4 is 21.4 Å². The van der Waals surface area contributed by atoms with Gasteiger partial charge in [-0.1, -0.05) is 20.8 Å². The van der Waals surface area contributed by atoms with E-state index in [4.69, 9.17) is 0 Å². The molecule has 110 valence electrons. The van der Waals surface area contributed by atoms with Gasteiger partial charge in [0.1, 0.15) is 4.21 Å². The summed E-state index contributed by atoms with van der Waals surface area (Å²) < 4.78 is 26.6. The molecule has 1 N–H and O–H groups in total. The fourth-order valence-corrected chi connectivity index (χ4v) is 4.17. The number of nitrogens with one attached hydrogen (secondary N) is 1. The second-order valence-corrected chi connectivity index (χ2v) is 8.25. The van der Waals surface area contributed by atoms with Crippen molar-refractivity contribution in [1.82, 2.24) is 9.62 Å². The van der Waals surface area contributed by atoms with E-state index in [2.05, 4.69) is 19.2 Å². The average Bonchev–Trinajstić information content (AvgIpc) is 2.82. The lowest BCUT2D eigenvalue weighted by Gasteiger charge is -2.16. The highest BCUT2D eigenvalue weighted by Gasteiger charge is 2.22. The SMILES string of the molecule is CCNCc1csc(S(=O)(=O)N(C)CCC(C)C)c1. The molecule has 1 heterocycles. The number of hydrogen-bond acceptors (Lipinski definition) is 4. The van der Waals surface area contributed by atoms with E-state index in [1.54, 1.807) is 13.1 Å². The highest BCUT2D eigenvalue weighted by Crippen LogP contribution is 2.23. The lowest BCUT2D eigenvalue weighted by Crippen LogP contribution is -2.28. The Morgan fingerprint density at radius 2 is 2.11 bits per heavy atom. The van der Waals surface area contributed by atoms with Gasteiger partial charge in [-0.3, -0.25) is 0 Å². The number of thiophene rings is 1. The molecule has 0 unspecified atom stereocenters. The molecule has 0 radical (unpaired) electrons. The quantitative estimate of drug-likeness (QED) is 0.803. The third-order valence-electron chi connectivity index (χ3n) is 2.89. The minimum atomic E-state index is -3.31. The molecule has 1 aromatic rings. The number of rotatable bonds is 8. The van der Waals surface area contributed by atoms with Crippen molar-refractivity contribution in [3.05, 3.63) is 17.0 Å². The van der Waals surface area contributed by atoms with Crippen LogP contribution < -0.4 is 5.32 Å². The fraction of sp³-hybridized carbons (Fsp3) is 0.692. The fourth-order valence-electron chi connectivity index (χ4n) is 1.56. The largest absolute Gasteiger partial charge is 0.313 e. The standard InChI is InChI=1S/C13H24N2O2S2/c1-5-14-9-12-8-13(18-10-12)19(16,17)15(4)7-6-11(2)3/h8,10-11,14H,5-7,9H2,1-4H3. The van der Waals surface area contributed by atoms with Crippen LogP contribution in [0.15, 0.2) is 15.7 Å². The molecule has 0 bridgehead atoms. The summed E-state index contributed by atoms with van der Waals surface area (Å²) in [6.07, 6.45) is 0.880. The van der Waals surface area contributed by atoms with Crippen LogP contribution in [0.3, 0.4) is 0 Å². The first-order valence-corrected chi connectivity index (χ1v) is 8.94. The van der Waals surface area contributed by atoms with Crippen LogP contribution in [0, 0.1) is 5.92 Å². The summed E-state index contributed by atoms with van der Waals surface area (Å²) in [4.78, 5) is 0. The van der Waals surface area contributed by atoms with Gasteiger partial charge in [0.15, 0.2) is 0 Å². The Balaban J connectivity index is 2.73. The predicted octanol–water partition coefficient (Wildman–Crippen LogP) is 2.52. The summed E-state index contributed by atoms with van der Waals surface area (Å²) in [5, 5.41) is 5.11. The van der Waals surface area contributed by atoms with E-state index < -0.39 is 10.0 Å². The summed E-state index contributed by atoms with van der Waals surface area (Å²) in [5.74, 6) is 0.505. The average molecular weight is 304 g/mol. The Bertz CT molecular complexity index is 481. The van der Waals surface area contributed by atoms with Crippen molar-refractivity contribution in [1.29, 1.82) is 0 Å². The zero-order chi connectivity index (χ0) is 14.5. The van der Waals surface area contributed by atoms with Crippen molar-refractivity contribution in [2.45, 2.75) is 37.9 Å². The van der Waals surface area contributed by atoms with E-state index in [0.29, 0.717) is 16.7 Å². The molecule has 6 heteroatoms. The maximum Gasteiger partial charge on any atom is 0.252 e. The molecular weight excluding hydrogens is 280 g/mol. The Morgan fingerprint density at radius 1 is 1.42 bits per heavy atom. The monoisotopic (exact) mass is 304 g/mol.